The summed E-state index contributed by atoms with van der Waals surface area (Å²) in [5.74, 6) is -3.72. The van der Waals surface area contributed by atoms with Gasteiger partial charge in [-0.2, -0.15) is 10.5 Å². The Morgan fingerprint density at radius 3 is 1.56 bits per heavy atom. The molecule has 0 aromatic heterocycles. The molecule has 2 rings (SSSR count). The molecule has 2 aromatic carbocycles. The zero-order chi connectivity index (χ0) is 18.4. The van der Waals surface area contributed by atoms with Gasteiger partial charge >= 0.3 is 11.8 Å². The lowest BCUT2D eigenvalue weighted by molar-refractivity contribution is -0.210. The van der Waals surface area contributed by atoms with Crippen molar-refractivity contribution in [1.82, 2.24) is 0 Å². The first kappa shape index (κ1) is 17.8. The third-order valence-corrected chi connectivity index (χ3v) is 3.35. The molecule has 126 valence electrons. The van der Waals surface area contributed by atoms with Crippen LogP contribution in [-0.2, 0) is 4.79 Å². The second kappa shape index (κ2) is 7.35. The number of carbonyl (C=O) groups is 1. The van der Waals surface area contributed by atoms with E-state index in [1.165, 1.54) is 55.5 Å². The van der Waals surface area contributed by atoms with Crippen LogP contribution in [0.5, 0.6) is 11.5 Å². The summed E-state index contributed by atoms with van der Waals surface area (Å²) in [6.45, 7) is 1.22. The number of nitriles is 2. The summed E-state index contributed by atoms with van der Waals surface area (Å²) in [5, 5.41) is 37.2. The van der Waals surface area contributed by atoms with Crippen LogP contribution in [-0.4, -0.2) is 28.1 Å². The lowest BCUT2D eigenvalue weighted by atomic mass is 10.1. The summed E-state index contributed by atoms with van der Waals surface area (Å²) in [6.07, 6.45) is -1.53. The largest absolute Gasteiger partial charge is 0.475 e. The lowest BCUT2D eigenvalue weighted by Gasteiger charge is -2.32. The summed E-state index contributed by atoms with van der Waals surface area (Å²) in [7, 11) is 0. The number of carboxylic acids is 1. The van der Waals surface area contributed by atoms with Gasteiger partial charge in [0.25, 0.3) is 0 Å². The number of aliphatic carboxylic acids is 1. The van der Waals surface area contributed by atoms with Gasteiger partial charge < -0.3 is 19.7 Å². The maximum absolute atomic E-state index is 11.8. The van der Waals surface area contributed by atoms with E-state index in [0.29, 0.717) is 11.1 Å². The summed E-state index contributed by atoms with van der Waals surface area (Å²) in [5.41, 5.74) is 0.747. The molecule has 0 bridgehead atoms. The zero-order valence-corrected chi connectivity index (χ0v) is 13.2. The average molecular weight is 338 g/mol. The van der Waals surface area contributed by atoms with E-state index < -0.39 is 17.9 Å². The number of rotatable bonds is 6. The maximum atomic E-state index is 11.8. The minimum Gasteiger partial charge on any atom is -0.475 e. The molecule has 1 atom stereocenters. The third kappa shape index (κ3) is 3.86. The first-order valence-electron chi connectivity index (χ1n) is 7.21. The van der Waals surface area contributed by atoms with Crippen molar-refractivity contribution < 1.29 is 24.5 Å². The minimum absolute atomic E-state index is 0.107. The van der Waals surface area contributed by atoms with Gasteiger partial charge in [0.05, 0.1) is 23.3 Å². The quantitative estimate of drug-likeness (QED) is 0.772. The lowest BCUT2D eigenvalue weighted by Crippen LogP contribution is -2.58. The maximum Gasteiger partial charge on any atom is 0.393 e. The van der Waals surface area contributed by atoms with Gasteiger partial charge in [0.2, 0.25) is 0 Å². The Kier molecular flexibility index (Phi) is 5.23. The van der Waals surface area contributed by atoms with Gasteiger partial charge in [0.15, 0.2) is 0 Å². The van der Waals surface area contributed by atoms with Crippen LogP contribution in [0.4, 0.5) is 0 Å². The molecule has 0 aliphatic rings. The van der Waals surface area contributed by atoms with E-state index in [1.807, 2.05) is 12.1 Å². The van der Waals surface area contributed by atoms with Crippen molar-refractivity contribution in [2.75, 3.05) is 0 Å². The molecule has 0 saturated heterocycles. The highest BCUT2D eigenvalue weighted by Crippen LogP contribution is 2.27. The SMILES string of the molecule is CC(O)C(Oc1ccc(C#N)cc1)(Oc1ccc(C#N)cc1)C(=O)O. The molecular weight excluding hydrogens is 324 g/mol. The Hall–Kier alpha value is -3.55. The molecule has 25 heavy (non-hydrogen) atoms. The van der Waals surface area contributed by atoms with E-state index in [9.17, 15) is 15.0 Å². The van der Waals surface area contributed by atoms with Gasteiger partial charge in [-0.05, 0) is 55.5 Å². The number of aliphatic hydroxyl groups is 1. The zero-order valence-electron chi connectivity index (χ0n) is 13.2. The van der Waals surface area contributed by atoms with E-state index in [-0.39, 0.29) is 11.5 Å². The van der Waals surface area contributed by atoms with Gasteiger partial charge in [-0.15, -0.1) is 0 Å². The Morgan fingerprint density at radius 2 is 1.32 bits per heavy atom. The van der Waals surface area contributed by atoms with Crippen LogP contribution in [0.25, 0.3) is 0 Å². The predicted molar refractivity (Wildman–Crippen MR) is 85.6 cm³/mol. The van der Waals surface area contributed by atoms with Crippen molar-refractivity contribution in [3.05, 3.63) is 59.7 Å². The second-order valence-electron chi connectivity index (χ2n) is 5.13. The number of hydrogen-bond donors (Lipinski definition) is 2. The van der Waals surface area contributed by atoms with Crippen molar-refractivity contribution in [2.45, 2.75) is 18.8 Å². The highest BCUT2D eigenvalue weighted by molar-refractivity contribution is 5.77. The Bertz CT molecular complexity index is 770. The predicted octanol–water partition coefficient (Wildman–Crippen LogP) is 2.05. The number of hydrogen-bond acceptors (Lipinski definition) is 6. The summed E-state index contributed by atoms with van der Waals surface area (Å²) < 4.78 is 10.9. The monoisotopic (exact) mass is 338 g/mol. The molecule has 0 heterocycles. The highest BCUT2D eigenvalue weighted by atomic mass is 16.7. The third-order valence-electron chi connectivity index (χ3n) is 3.35. The second-order valence-corrected chi connectivity index (χ2v) is 5.13. The molecular formula is C18H14N2O5. The van der Waals surface area contributed by atoms with Crippen LogP contribution in [0.1, 0.15) is 18.1 Å². The Balaban J connectivity index is 2.37. The van der Waals surface area contributed by atoms with Crippen LogP contribution in [0, 0.1) is 22.7 Å². The molecule has 7 heteroatoms. The Morgan fingerprint density at radius 1 is 0.960 bits per heavy atom. The first-order valence-corrected chi connectivity index (χ1v) is 7.21. The molecule has 0 aliphatic heterocycles. The van der Waals surface area contributed by atoms with Crippen LogP contribution < -0.4 is 9.47 Å². The number of benzene rings is 2. The van der Waals surface area contributed by atoms with Crippen molar-refractivity contribution in [3.8, 4) is 23.6 Å². The van der Waals surface area contributed by atoms with Crippen molar-refractivity contribution >= 4 is 5.97 Å². The van der Waals surface area contributed by atoms with Gasteiger partial charge in [-0.3, -0.25) is 0 Å². The van der Waals surface area contributed by atoms with Crippen LogP contribution in [0.2, 0.25) is 0 Å². The minimum atomic E-state index is -2.40. The van der Waals surface area contributed by atoms with E-state index >= 15 is 0 Å². The molecule has 0 saturated carbocycles. The van der Waals surface area contributed by atoms with Gasteiger partial charge in [-0.25, -0.2) is 4.79 Å². The average Bonchev–Trinajstić information content (AvgIpc) is 2.62. The van der Waals surface area contributed by atoms with Crippen LogP contribution >= 0.6 is 0 Å². The smallest absolute Gasteiger partial charge is 0.393 e. The van der Waals surface area contributed by atoms with Crippen LogP contribution in [0.15, 0.2) is 48.5 Å². The molecule has 0 aliphatic carbocycles. The van der Waals surface area contributed by atoms with E-state index in [2.05, 4.69) is 0 Å². The van der Waals surface area contributed by atoms with Crippen molar-refractivity contribution in [2.24, 2.45) is 0 Å². The summed E-state index contributed by atoms with van der Waals surface area (Å²) in [4.78, 5) is 11.8. The summed E-state index contributed by atoms with van der Waals surface area (Å²) in [6, 6.07) is 15.3. The molecule has 1 unspecified atom stereocenters. The molecule has 0 radical (unpaired) electrons. The van der Waals surface area contributed by atoms with E-state index in [4.69, 9.17) is 20.0 Å². The van der Waals surface area contributed by atoms with E-state index in [0.717, 1.165) is 0 Å². The number of aliphatic hydroxyl groups excluding tert-OH is 1. The normalized spacial score (nSPS) is 11.7. The highest BCUT2D eigenvalue weighted by Gasteiger charge is 2.49. The molecule has 2 aromatic rings. The topological polar surface area (TPSA) is 124 Å². The Labute approximate surface area is 143 Å². The van der Waals surface area contributed by atoms with Crippen molar-refractivity contribution in [3.63, 3.8) is 0 Å². The number of nitrogens with zero attached hydrogens (tertiary/aromatic N) is 2. The fourth-order valence-electron chi connectivity index (χ4n) is 2.00. The van der Waals surface area contributed by atoms with Gasteiger partial charge in [-0.1, -0.05) is 0 Å². The summed E-state index contributed by atoms with van der Waals surface area (Å²) >= 11 is 0. The number of ether oxygens (including phenoxy) is 2. The fourth-order valence-corrected chi connectivity index (χ4v) is 2.00. The molecule has 0 fully saturated rings. The van der Waals surface area contributed by atoms with Crippen LogP contribution in [0.3, 0.4) is 0 Å². The van der Waals surface area contributed by atoms with Crippen molar-refractivity contribution in [1.29, 1.82) is 10.5 Å². The van der Waals surface area contributed by atoms with Gasteiger partial charge in [0, 0.05) is 0 Å². The molecule has 0 amide bonds. The fraction of sp³-hybridized carbons (Fsp3) is 0.167. The molecule has 0 spiro atoms. The number of carboxylic acid groups (broad SMARTS) is 1. The molecule has 2 N–H and O–H groups in total. The van der Waals surface area contributed by atoms with E-state index in [1.54, 1.807) is 0 Å². The first-order chi connectivity index (χ1) is 11.9. The standard InChI is InChI=1S/C18H14N2O5/c1-12(21)18(17(22)23,24-15-6-2-13(10-19)3-7-15)25-16-8-4-14(11-20)5-9-16/h2-9,12,21H,1H3,(H,22,23). The molecule has 7 nitrogen and oxygen atoms in total. The van der Waals surface area contributed by atoms with Gasteiger partial charge in [0.1, 0.15) is 17.6 Å².